The summed E-state index contributed by atoms with van der Waals surface area (Å²) in [5.74, 6) is -0.241. The maximum atomic E-state index is 12.5. The highest BCUT2D eigenvalue weighted by Gasteiger charge is 2.38. The third kappa shape index (κ3) is 16.2. The lowest BCUT2D eigenvalue weighted by Gasteiger charge is -2.21. The molecule has 1 unspecified atom stereocenters. The van der Waals surface area contributed by atoms with Crippen LogP contribution in [-0.4, -0.2) is 159 Å². The molecule has 56 heavy (non-hydrogen) atoms. The van der Waals surface area contributed by atoms with Crippen LogP contribution in [0.4, 0.5) is 0 Å². The summed E-state index contributed by atoms with van der Waals surface area (Å²) in [6, 6.07) is 5.73. The van der Waals surface area contributed by atoms with Crippen LogP contribution in [0.1, 0.15) is 37.0 Å². The molecule has 0 radical (unpaired) electrons. The predicted molar refractivity (Wildman–Crippen MR) is 221 cm³/mol. The van der Waals surface area contributed by atoms with Gasteiger partial charge in [-0.25, -0.2) is 9.78 Å². The van der Waals surface area contributed by atoms with Crippen LogP contribution in [0.25, 0.3) is 11.0 Å². The molecule has 18 nitrogen and oxygen atoms in total. The molecule has 1 aromatic carbocycles. The first-order chi connectivity index (χ1) is 27.2. The van der Waals surface area contributed by atoms with Crippen molar-refractivity contribution in [3.8, 4) is 0 Å². The molecule has 0 aliphatic carbocycles. The van der Waals surface area contributed by atoms with Gasteiger partial charge in [-0.15, -0.1) is 0 Å². The Kier molecular flexibility index (Phi) is 21.6. The number of nitrogens with one attached hydrogen (secondary N) is 2. The minimum Gasteiger partial charge on any atom is -0.394 e. The van der Waals surface area contributed by atoms with E-state index in [1.807, 2.05) is 40.8 Å². The lowest BCUT2D eigenvalue weighted by Crippen LogP contribution is -2.37. The van der Waals surface area contributed by atoms with Gasteiger partial charge < -0.3 is 48.3 Å². The van der Waals surface area contributed by atoms with Crippen molar-refractivity contribution in [2.75, 3.05) is 105 Å². The monoisotopic (exact) mass is 1010 g/mol. The number of nitrogens with zero attached hydrogens (tertiary/aromatic N) is 4. The fourth-order valence-electron chi connectivity index (χ4n) is 5.53. The van der Waals surface area contributed by atoms with Crippen LogP contribution in [0, 0.1) is 7.14 Å². The molecule has 0 bridgehead atoms. The Morgan fingerprint density at radius 2 is 1.62 bits per heavy atom. The van der Waals surface area contributed by atoms with Gasteiger partial charge in [-0.1, -0.05) is 6.92 Å². The Bertz CT molecular complexity index is 1740. The number of aliphatic hydroxyl groups excluding tert-OH is 1. The molecule has 20 heteroatoms. The Labute approximate surface area is 352 Å². The number of carbonyl (C=O) groups is 1. The van der Waals surface area contributed by atoms with Crippen LogP contribution >= 0.6 is 45.2 Å². The molecule has 312 valence electrons. The number of aromatic amines is 1. The number of aliphatic hydroxyl groups is 1. The van der Waals surface area contributed by atoms with E-state index in [0.29, 0.717) is 100 Å². The predicted octanol–water partition coefficient (Wildman–Crippen LogP) is 1.55. The number of ether oxygens (including phenoxy) is 8. The Morgan fingerprint density at radius 1 is 0.982 bits per heavy atom. The second-order valence-electron chi connectivity index (χ2n) is 12.4. The smallest absolute Gasteiger partial charge is 0.330 e. The van der Waals surface area contributed by atoms with Gasteiger partial charge in [0.05, 0.1) is 106 Å². The molecular weight excluding hydrogens is 962 g/mol. The van der Waals surface area contributed by atoms with Crippen LogP contribution in [0.3, 0.4) is 0 Å². The lowest BCUT2D eigenvalue weighted by atomic mass is 10.2. The minimum atomic E-state index is -0.686. The quantitative estimate of drug-likeness (QED) is 0.0536. The van der Waals surface area contributed by atoms with Gasteiger partial charge in [0.1, 0.15) is 18.0 Å². The highest BCUT2D eigenvalue weighted by atomic mass is 127. The average molecular weight is 1010 g/mol. The van der Waals surface area contributed by atoms with Crippen molar-refractivity contribution in [3.05, 3.63) is 64.3 Å². The molecule has 1 saturated heterocycles. The number of likely N-dealkylation sites (N-methyl/N-ethyl adjacent to an activating group) is 1. The zero-order valence-electron chi connectivity index (χ0n) is 31.7. The minimum absolute atomic E-state index is 0.241. The van der Waals surface area contributed by atoms with E-state index in [9.17, 15) is 19.5 Å². The summed E-state index contributed by atoms with van der Waals surface area (Å²) in [7, 11) is 0. The largest absolute Gasteiger partial charge is 0.394 e. The third-order valence-electron chi connectivity index (χ3n) is 8.48. The summed E-state index contributed by atoms with van der Waals surface area (Å²) in [6.07, 6.45) is 0.795. The number of amides is 1. The number of aromatic nitrogens is 4. The van der Waals surface area contributed by atoms with Crippen molar-refractivity contribution >= 4 is 62.1 Å². The van der Waals surface area contributed by atoms with Crippen molar-refractivity contribution in [3.63, 3.8) is 0 Å². The second-order valence-corrected chi connectivity index (χ2v) is 14.9. The van der Waals surface area contributed by atoms with E-state index >= 15 is 0 Å². The normalized spacial score (nSPS) is 17.6. The number of halogens is 2. The van der Waals surface area contributed by atoms with Crippen molar-refractivity contribution in [2.24, 2.45) is 0 Å². The Morgan fingerprint density at radius 3 is 2.27 bits per heavy atom. The number of hydrogen-bond donors (Lipinski definition) is 3. The van der Waals surface area contributed by atoms with Gasteiger partial charge in [-0.3, -0.25) is 29.0 Å². The molecule has 3 N–H and O–H groups in total. The van der Waals surface area contributed by atoms with Gasteiger partial charge in [-0.05, 0) is 76.8 Å². The Hall–Kier alpha value is -2.23. The third-order valence-corrected chi connectivity index (χ3v) is 9.92. The standard InChI is InChI=1S/C36H52I2N6O12/c1-3-43(7-6-39-35(47)30-22-40-29-20-26(37)4-5-28(29)41-30)8-9-49-10-11-50-12-13-51-14-15-52-16-17-53-18-19-54-25(2)55-31-21-33(56-32(31)24-45)44-23-27(38)34(46)42-36(44)48/h4-5,20,22-23,25,31-33,45H,3,6-19,21,24H2,1-2H3,(H,39,47)(H,42,46,48)/t25?,31-,32+,33+/m0/s1. The van der Waals surface area contributed by atoms with E-state index in [4.69, 9.17) is 37.9 Å². The van der Waals surface area contributed by atoms with E-state index in [-0.39, 0.29) is 19.1 Å². The van der Waals surface area contributed by atoms with Gasteiger partial charge in [0.25, 0.3) is 11.5 Å². The molecule has 0 spiro atoms. The van der Waals surface area contributed by atoms with Crippen molar-refractivity contribution in [1.29, 1.82) is 0 Å². The first kappa shape index (κ1) is 46.5. The van der Waals surface area contributed by atoms with Crippen molar-refractivity contribution < 1.29 is 47.8 Å². The van der Waals surface area contributed by atoms with Crippen molar-refractivity contribution in [2.45, 2.75) is 45.0 Å². The Balaban J connectivity index is 0.900. The number of H-pyrrole nitrogens is 1. The summed E-state index contributed by atoms with van der Waals surface area (Å²) in [6.45, 7) is 11.0. The number of rotatable bonds is 28. The molecule has 3 aromatic rings. The fraction of sp³-hybridized carbons (Fsp3) is 0.639. The molecule has 3 heterocycles. The van der Waals surface area contributed by atoms with Crippen LogP contribution < -0.4 is 16.6 Å². The van der Waals surface area contributed by atoms with Gasteiger partial charge in [0.15, 0.2) is 6.29 Å². The molecule has 1 fully saturated rings. The van der Waals surface area contributed by atoms with E-state index in [1.54, 1.807) is 6.92 Å². The number of hydrogen-bond acceptors (Lipinski definition) is 15. The fourth-order valence-corrected chi connectivity index (χ4v) is 6.44. The SMILES string of the molecule is CCN(CCNC(=O)c1cnc2cc(I)ccc2n1)CCOCCOCCOCCOCCOCCOC(C)O[C@H]1C[C@H](n2cc(I)c(=O)[nH]c2=O)O[C@@H]1CO. The number of carbonyl (C=O) groups excluding carboxylic acids is 1. The maximum absolute atomic E-state index is 12.5. The van der Waals surface area contributed by atoms with Crippen molar-refractivity contribution in [1.82, 2.24) is 29.7 Å². The zero-order valence-corrected chi connectivity index (χ0v) is 36.0. The maximum Gasteiger partial charge on any atom is 0.330 e. The molecule has 2 aromatic heterocycles. The number of fused-ring (bicyclic) bond motifs is 1. The van der Waals surface area contributed by atoms with Crippen LogP contribution in [0.2, 0.25) is 0 Å². The first-order valence-corrected chi connectivity index (χ1v) is 20.7. The van der Waals surface area contributed by atoms with E-state index < -0.39 is 36.0 Å². The molecule has 4 rings (SSSR count). The molecule has 4 atom stereocenters. The van der Waals surface area contributed by atoms with E-state index in [0.717, 1.165) is 22.2 Å². The van der Waals surface area contributed by atoms with E-state index in [2.05, 4.69) is 54.7 Å². The molecule has 1 amide bonds. The molecule has 1 aliphatic heterocycles. The summed E-state index contributed by atoms with van der Waals surface area (Å²) < 4.78 is 48.0. The van der Waals surface area contributed by atoms with Gasteiger partial charge >= 0.3 is 5.69 Å². The number of benzene rings is 1. The second kappa shape index (κ2) is 26.0. The summed E-state index contributed by atoms with van der Waals surface area (Å²) in [5.41, 5.74) is 0.706. The zero-order chi connectivity index (χ0) is 40.1. The molecule has 0 saturated carbocycles. The highest BCUT2D eigenvalue weighted by molar-refractivity contribution is 14.1. The van der Waals surface area contributed by atoms with Crippen LogP contribution in [0.15, 0.2) is 40.2 Å². The average Bonchev–Trinajstić information content (AvgIpc) is 3.59. The summed E-state index contributed by atoms with van der Waals surface area (Å²) in [5, 5.41) is 12.7. The highest BCUT2D eigenvalue weighted by Crippen LogP contribution is 2.30. The summed E-state index contributed by atoms with van der Waals surface area (Å²) >= 11 is 4.06. The molecular formula is C36H52I2N6O12. The van der Waals surface area contributed by atoms with Crippen LogP contribution in [-0.2, 0) is 37.9 Å². The van der Waals surface area contributed by atoms with E-state index in [1.165, 1.54) is 17.0 Å². The topological polar surface area (TPSA) is 207 Å². The van der Waals surface area contributed by atoms with Gasteiger partial charge in [0, 0.05) is 35.8 Å². The first-order valence-electron chi connectivity index (χ1n) is 18.5. The van der Waals surface area contributed by atoms with Gasteiger partial charge in [0.2, 0.25) is 0 Å². The molecule has 1 aliphatic rings. The van der Waals surface area contributed by atoms with Crippen LogP contribution in [0.5, 0.6) is 0 Å². The van der Waals surface area contributed by atoms with Gasteiger partial charge in [-0.2, -0.15) is 0 Å². The lowest BCUT2D eigenvalue weighted by molar-refractivity contribution is -0.180. The summed E-state index contributed by atoms with van der Waals surface area (Å²) in [4.78, 5) is 49.7.